The minimum absolute atomic E-state index is 0.271. The lowest BCUT2D eigenvalue weighted by molar-refractivity contribution is 0.560. The Morgan fingerprint density at radius 1 is 1.17 bits per heavy atom. The van der Waals surface area contributed by atoms with E-state index < -0.39 is 0 Å². The summed E-state index contributed by atoms with van der Waals surface area (Å²) >= 11 is 5.25. The van der Waals surface area contributed by atoms with Gasteiger partial charge in [0.25, 0.3) is 0 Å². The molecule has 0 saturated heterocycles. The molecule has 3 rings (SSSR count). The summed E-state index contributed by atoms with van der Waals surface area (Å²) in [6.07, 6.45) is 0. The largest absolute Gasteiger partial charge is 0.423 e. The number of aryl methyl sites for hydroxylation is 1. The van der Waals surface area contributed by atoms with E-state index >= 15 is 0 Å². The molecule has 0 spiro atoms. The number of benzene rings is 2. The third-order valence-electron chi connectivity index (χ3n) is 3.58. The van der Waals surface area contributed by atoms with Gasteiger partial charge in [0.15, 0.2) is 5.11 Å². The zero-order chi connectivity index (χ0) is 17.1. The molecule has 0 aliphatic heterocycles. The summed E-state index contributed by atoms with van der Waals surface area (Å²) in [7, 11) is 0. The van der Waals surface area contributed by atoms with Crippen molar-refractivity contribution in [2.24, 2.45) is 0 Å². The Kier molecular flexibility index (Phi) is 4.57. The number of hydrogen-bond acceptors (Lipinski definition) is 3. The SMILES string of the molecule is Cc1cc(=O)oc2cc(NC(=S)NCc3ccc(F)cc3)ccc12. The van der Waals surface area contributed by atoms with Gasteiger partial charge in [0.2, 0.25) is 0 Å². The van der Waals surface area contributed by atoms with Crippen molar-refractivity contribution in [2.45, 2.75) is 13.5 Å². The van der Waals surface area contributed by atoms with Crippen LogP contribution in [0.2, 0.25) is 0 Å². The first-order valence-corrected chi connectivity index (χ1v) is 7.76. The molecule has 1 heterocycles. The van der Waals surface area contributed by atoms with Gasteiger partial charge >= 0.3 is 5.63 Å². The molecular formula is C18H15FN2O2S. The summed E-state index contributed by atoms with van der Waals surface area (Å²) < 4.78 is 18.1. The van der Waals surface area contributed by atoms with Crippen LogP contribution in [0.3, 0.4) is 0 Å². The van der Waals surface area contributed by atoms with E-state index in [0.29, 0.717) is 22.9 Å². The number of rotatable bonds is 3. The Bertz CT molecular complexity index is 951. The van der Waals surface area contributed by atoms with Gasteiger partial charge in [-0.25, -0.2) is 9.18 Å². The van der Waals surface area contributed by atoms with E-state index in [4.69, 9.17) is 16.6 Å². The molecule has 2 N–H and O–H groups in total. The van der Waals surface area contributed by atoms with Crippen LogP contribution in [-0.4, -0.2) is 5.11 Å². The van der Waals surface area contributed by atoms with Crippen molar-refractivity contribution >= 4 is 34.0 Å². The second-order valence-corrected chi connectivity index (χ2v) is 5.80. The topological polar surface area (TPSA) is 54.3 Å². The van der Waals surface area contributed by atoms with E-state index in [9.17, 15) is 9.18 Å². The molecule has 24 heavy (non-hydrogen) atoms. The van der Waals surface area contributed by atoms with E-state index in [-0.39, 0.29) is 11.4 Å². The van der Waals surface area contributed by atoms with Gasteiger partial charge in [-0.15, -0.1) is 0 Å². The Morgan fingerprint density at radius 2 is 1.92 bits per heavy atom. The molecular weight excluding hydrogens is 327 g/mol. The molecule has 0 unspecified atom stereocenters. The normalized spacial score (nSPS) is 10.6. The maximum absolute atomic E-state index is 12.9. The Labute approximate surface area is 143 Å². The van der Waals surface area contributed by atoms with Crippen molar-refractivity contribution in [1.82, 2.24) is 5.32 Å². The lowest BCUT2D eigenvalue weighted by atomic mass is 10.1. The Balaban J connectivity index is 1.69. The maximum Gasteiger partial charge on any atom is 0.336 e. The van der Waals surface area contributed by atoms with Crippen LogP contribution in [0, 0.1) is 12.7 Å². The highest BCUT2D eigenvalue weighted by Gasteiger charge is 2.05. The predicted octanol–water partition coefficient (Wildman–Crippen LogP) is 3.73. The first-order valence-electron chi connectivity index (χ1n) is 7.35. The van der Waals surface area contributed by atoms with Gasteiger partial charge < -0.3 is 15.1 Å². The standard InChI is InChI=1S/C18H15FN2O2S/c1-11-8-17(22)23-16-9-14(6-7-15(11)16)21-18(24)20-10-12-2-4-13(19)5-3-12/h2-9H,10H2,1H3,(H2,20,21,24). The molecule has 1 aromatic heterocycles. The van der Waals surface area contributed by atoms with Crippen molar-refractivity contribution in [3.63, 3.8) is 0 Å². The van der Waals surface area contributed by atoms with E-state index in [0.717, 1.165) is 16.5 Å². The smallest absolute Gasteiger partial charge is 0.336 e. The maximum atomic E-state index is 12.9. The van der Waals surface area contributed by atoms with E-state index in [1.807, 2.05) is 19.1 Å². The number of anilines is 1. The lowest BCUT2D eigenvalue weighted by Crippen LogP contribution is -2.27. The summed E-state index contributed by atoms with van der Waals surface area (Å²) in [5.74, 6) is -0.271. The fourth-order valence-corrected chi connectivity index (χ4v) is 2.55. The van der Waals surface area contributed by atoms with E-state index in [2.05, 4.69) is 10.6 Å². The predicted molar refractivity (Wildman–Crippen MR) is 96.7 cm³/mol. The molecule has 0 atom stereocenters. The number of nitrogens with one attached hydrogen (secondary N) is 2. The molecule has 0 saturated carbocycles. The first-order chi connectivity index (χ1) is 11.5. The highest BCUT2D eigenvalue weighted by molar-refractivity contribution is 7.80. The fourth-order valence-electron chi connectivity index (χ4n) is 2.36. The van der Waals surface area contributed by atoms with Crippen LogP contribution in [-0.2, 0) is 6.54 Å². The van der Waals surface area contributed by atoms with Crippen molar-refractivity contribution in [3.05, 3.63) is 75.9 Å². The molecule has 0 aliphatic carbocycles. The van der Waals surface area contributed by atoms with Crippen molar-refractivity contribution in [2.75, 3.05) is 5.32 Å². The number of fused-ring (bicyclic) bond motifs is 1. The third kappa shape index (κ3) is 3.78. The zero-order valence-corrected chi connectivity index (χ0v) is 13.7. The minimum atomic E-state index is -0.380. The first kappa shape index (κ1) is 16.1. The molecule has 4 nitrogen and oxygen atoms in total. The number of thiocarbonyl (C=S) groups is 1. The quantitative estimate of drug-likeness (QED) is 0.561. The second kappa shape index (κ2) is 6.80. The molecule has 0 radical (unpaired) electrons. The van der Waals surface area contributed by atoms with Gasteiger partial charge in [0.1, 0.15) is 11.4 Å². The van der Waals surface area contributed by atoms with Crippen molar-refractivity contribution in [3.8, 4) is 0 Å². The average Bonchev–Trinajstić information content (AvgIpc) is 2.54. The molecule has 0 fully saturated rings. The van der Waals surface area contributed by atoms with Crippen LogP contribution in [0.1, 0.15) is 11.1 Å². The number of halogens is 1. The van der Waals surface area contributed by atoms with Gasteiger partial charge in [-0.2, -0.15) is 0 Å². The molecule has 122 valence electrons. The van der Waals surface area contributed by atoms with Crippen molar-refractivity contribution in [1.29, 1.82) is 0 Å². The van der Waals surface area contributed by atoms with Gasteiger partial charge in [-0.05, 0) is 54.5 Å². The van der Waals surface area contributed by atoms with Crippen LogP contribution in [0.5, 0.6) is 0 Å². The zero-order valence-electron chi connectivity index (χ0n) is 12.9. The summed E-state index contributed by atoms with van der Waals surface area (Å²) in [4.78, 5) is 11.5. The van der Waals surface area contributed by atoms with Crippen LogP contribution < -0.4 is 16.3 Å². The van der Waals surface area contributed by atoms with Crippen LogP contribution in [0.15, 0.2) is 57.7 Å². The highest BCUT2D eigenvalue weighted by atomic mass is 32.1. The highest BCUT2D eigenvalue weighted by Crippen LogP contribution is 2.20. The summed E-state index contributed by atoms with van der Waals surface area (Å²) in [5, 5.41) is 7.39. The summed E-state index contributed by atoms with van der Waals surface area (Å²) in [6, 6.07) is 13.1. The second-order valence-electron chi connectivity index (χ2n) is 5.39. The van der Waals surface area contributed by atoms with Crippen molar-refractivity contribution < 1.29 is 8.81 Å². The van der Waals surface area contributed by atoms with Gasteiger partial charge in [-0.1, -0.05) is 12.1 Å². The third-order valence-corrected chi connectivity index (χ3v) is 3.82. The van der Waals surface area contributed by atoms with Crippen LogP contribution in [0.4, 0.5) is 10.1 Å². The van der Waals surface area contributed by atoms with E-state index in [1.165, 1.54) is 18.2 Å². The molecule has 0 bridgehead atoms. The van der Waals surface area contributed by atoms with Crippen LogP contribution in [0.25, 0.3) is 11.0 Å². The Morgan fingerprint density at radius 3 is 2.67 bits per heavy atom. The van der Waals surface area contributed by atoms with E-state index in [1.54, 1.807) is 18.2 Å². The minimum Gasteiger partial charge on any atom is -0.423 e. The summed E-state index contributed by atoms with van der Waals surface area (Å²) in [6.45, 7) is 2.34. The molecule has 2 aromatic carbocycles. The number of hydrogen-bond donors (Lipinski definition) is 2. The molecule has 0 amide bonds. The van der Waals surface area contributed by atoms with Gasteiger partial charge in [0, 0.05) is 29.8 Å². The van der Waals surface area contributed by atoms with Gasteiger partial charge in [-0.3, -0.25) is 0 Å². The molecule has 6 heteroatoms. The average molecular weight is 342 g/mol. The van der Waals surface area contributed by atoms with Crippen LogP contribution >= 0.6 is 12.2 Å². The monoisotopic (exact) mass is 342 g/mol. The summed E-state index contributed by atoms with van der Waals surface area (Å²) in [5.41, 5.74) is 2.62. The molecule has 3 aromatic rings. The molecule has 0 aliphatic rings. The van der Waals surface area contributed by atoms with Gasteiger partial charge in [0.05, 0.1) is 0 Å². The lowest BCUT2D eigenvalue weighted by Gasteiger charge is -2.11. The fraction of sp³-hybridized carbons (Fsp3) is 0.111. The Hall–Kier alpha value is -2.73.